The number of oxazole rings is 1. The molecule has 8 heteroatoms. The lowest BCUT2D eigenvalue weighted by molar-refractivity contribution is -0.148. The third-order valence-electron chi connectivity index (χ3n) is 5.06. The fourth-order valence-electron chi connectivity index (χ4n) is 3.51. The minimum atomic E-state index is -1.22. The minimum absolute atomic E-state index is 0.000876. The average molecular weight is 392 g/mol. The van der Waals surface area contributed by atoms with E-state index in [0.29, 0.717) is 12.8 Å². The number of halogens is 2. The summed E-state index contributed by atoms with van der Waals surface area (Å²) in [4.78, 5) is 28.1. The van der Waals surface area contributed by atoms with E-state index < -0.39 is 29.0 Å². The predicted octanol–water partition coefficient (Wildman–Crippen LogP) is 3.85. The van der Waals surface area contributed by atoms with Crippen molar-refractivity contribution < 1.29 is 27.9 Å². The van der Waals surface area contributed by atoms with Gasteiger partial charge in [0.05, 0.1) is 11.8 Å². The summed E-state index contributed by atoms with van der Waals surface area (Å²) in [7, 11) is 0. The van der Waals surface area contributed by atoms with Crippen LogP contribution in [0, 0.1) is 11.6 Å². The molecule has 0 aliphatic heterocycles. The van der Waals surface area contributed by atoms with E-state index in [1.54, 1.807) is 0 Å². The van der Waals surface area contributed by atoms with Gasteiger partial charge in [0.25, 0.3) is 0 Å². The monoisotopic (exact) mass is 392 g/mol. The second-order valence-electron chi connectivity index (χ2n) is 7.09. The molecule has 28 heavy (non-hydrogen) atoms. The molecule has 1 aromatic heterocycles. The van der Waals surface area contributed by atoms with Gasteiger partial charge in [-0.2, -0.15) is 0 Å². The molecule has 2 aromatic rings. The van der Waals surface area contributed by atoms with Crippen LogP contribution in [0.5, 0.6) is 0 Å². The van der Waals surface area contributed by atoms with Gasteiger partial charge in [-0.1, -0.05) is 25.7 Å². The molecule has 1 aromatic carbocycles. The van der Waals surface area contributed by atoms with Gasteiger partial charge in [0.2, 0.25) is 5.91 Å². The summed E-state index contributed by atoms with van der Waals surface area (Å²) in [6.45, 7) is 0. The smallest absolute Gasteiger partial charge is 0.329 e. The van der Waals surface area contributed by atoms with Crippen LogP contribution in [0.25, 0.3) is 11.3 Å². The molecule has 0 atom stereocenters. The molecule has 1 heterocycles. The molecular weight excluding hydrogens is 370 g/mol. The van der Waals surface area contributed by atoms with Crippen LogP contribution in [0.15, 0.2) is 28.8 Å². The highest BCUT2D eigenvalue weighted by molar-refractivity contribution is 5.87. The molecule has 1 amide bonds. The van der Waals surface area contributed by atoms with Gasteiger partial charge < -0.3 is 14.8 Å². The second-order valence-corrected chi connectivity index (χ2v) is 7.09. The van der Waals surface area contributed by atoms with E-state index >= 15 is 0 Å². The van der Waals surface area contributed by atoms with Gasteiger partial charge in [-0.3, -0.25) is 4.79 Å². The average Bonchev–Trinajstić information content (AvgIpc) is 2.98. The molecule has 0 spiro atoms. The molecular formula is C20H22F2N2O4. The van der Waals surface area contributed by atoms with Gasteiger partial charge in [-0.25, -0.2) is 18.6 Å². The summed E-state index contributed by atoms with van der Waals surface area (Å²) in [5, 5.41) is 12.3. The highest BCUT2D eigenvalue weighted by Crippen LogP contribution is 2.28. The number of carbonyl (C=O) groups excluding carboxylic acids is 1. The van der Waals surface area contributed by atoms with Crippen LogP contribution in [0.1, 0.15) is 50.8 Å². The van der Waals surface area contributed by atoms with Gasteiger partial charge in [-0.15, -0.1) is 0 Å². The van der Waals surface area contributed by atoms with Crippen molar-refractivity contribution >= 4 is 11.9 Å². The molecule has 1 saturated carbocycles. The Kier molecular flexibility index (Phi) is 6.06. The summed E-state index contributed by atoms with van der Waals surface area (Å²) in [5.74, 6) is -2.50. The largest absolute Gasteiger partial charge is 0.480 e. The first-order valence-corrected chi connectivity index (χ1v) is 9.34. The molecule has 0 radical (unpaired) electrons. The number of carboxylic acids is 1. The van der Waals surface area contributed by atoms with Gasteiger partial charge in [0.15, 0.2) is 11.7 Å². The standard InChI is InChI=1S/C20H22F2N2O4/c21-13-5-6-14(15(22)11-13)16-12-23-18(28-16)8-7-17(25)24-20(19(26)27)9-3-1-2-4-10-20/h5-6,11-12H,1-4,7-10H2,(H,24,25)(H,26,27). The maximum Gasteiger partial charge on any atom is 0.329 e. The minimum Gasteiger partial charge on any atom is -0.480 e. The zero-order chi connectivity index (χ0) is 20.1. The Bertz CT molecular complexity index is 858. The summed E-state index contributed by atoms with van der Waals surface area (Å²) < 4.78 is 32.3. The number of amides is 1. The third kappa shape index (κ3) is 4.55. The molecule has 0 saturated heterocycles. The van der Waals surface area contributed by atoms with Gasteiger partial charge in [-0.05, 0) is 25.0 Å². The number of aryl methyl sites for hydroxylation is 1. The summed E-state index contributed by atoms with van der Waals surface area (Å²) in [5.41, 5.74) is -1.14. The lowest BCUT2D eigenvalue weighted by Gasteiger charge is -2.29. The van der Waals surface area contributed by atoms with Crippen molar-refractivity contribution in [3.05, 3.63) is 41.9 Å². The highest BCUT2D eigenvalue weighted by atomic mass is 19.1. The summed E-state index contributed by atoms with van der Waals surface area (Å²) >= 11 is 0. The summed E-state index contributed by atoms with van der Waals surface area (Å²) in [6.07, 6.45) is 5.74. The number of hydrogen-bond acceptors (Lipinski definition) is 4. The van der Waals surface area contributed by atoms with Gasteiger partial charge in [0.1, 0.15) is 17.2 Å². The highest BCUT2D eigenvalue weighted by Gasteiger charge is 2.39. The van der Waals surface area contributed by atoms with E-state index in [2.05, 4.69) is 10.3 Å². The van der Waals surface area contributed by atoms with Crippen LogP contribution in [0.2, 0.25) is 0 Å². The number of carbonyl (C=O) groups is 2. The van der Waals surface area contributed by atoms with E-state index in [0.717, 1.165) is 37.8 Å². The number of nitrogens with one attached hydrogen (secondary N) is 1. The number of hydrogen-bond donors (Lipinski definition) is 2. The van der Waals surface area contributed by atoms with Crippen molar-refractivity contribution in [3.8, 4) is 11.3 Å². The lowest BCUT2D eigenvalue weighted by Crippen LogP contribution is -2.54. The SMILES string of the molecule is O=C(CCc1ncc(-c2ccc(F)cc2F)o1)NC1(C(=O)O)CCCCCC1. The van der Waals surface area contributed by atoms with E-state index in [9.17, 15) is 23.5 Å². The fraction of sp³-hybridized carbons (Fsp3) is 0.450. The Morgan fingerprint density at radius 1 is 1.18 bits per heavy atom. The topological polar surface area (TPSA) is 92.4 Å². The predicted molar refractivity (Wildman–Crippen MR) is 96.4 cm³/mol. The first kappa shape index (κ1) is 20.0. The number of carboxylic acid groups (broad SMARTS) is 1. The zero-order valence-corrected chi connectivity index (χ0v) is 15.3. The molecule has 1 fully saturated rings. The molecule has 3 rings (SSSR count). The molecule has 1 aliphatic rings. The Hall–Kier alpha value is -2.77. The van der Waals surface area contributed by atoms with Crippen LogP contribution in [-0.2, 0) is 16.0 Å². The summed E-state index contributed by atoms with van der Waals surface area (Å²) in [6, 6.07) is 3.12. The first-order chi connectivity index (χ1) is 13.4. The van der Waals surface area contributed by atoms with Crippen LogP contribution < -0.4 is 5.32 Å². The van der Waals surface area contributed by atoms with E-state index in [-0.39, 0.29) is 30.1 Å². The molecule has 6 nitrogen and oxygen atoms in total. The molecule has 150 valence electrons. The van der Waals surface area contributed by atoms with Gasteiger partial charge in [0, 0.05) is 18.9 Å². The number of rotatable bonds is 6. The van der Waals surface area contributed by atoms with Crippen LogP contribution in [0.4, 0.5) is 8.78 Å². The van der Waals surface area contributed by atoms with E-state index in [1.165, 1.54) is 12.3 Å². The van der Waals surface area contributed by atoms with Crippen molar-refractivity contribution in [3.63, 3.8) is 0 Å². The Labute approximate surface area is 161 Å². The molecule has 1 aliphatic carbocycles. The van der Waals surface area contributed by atoms with E-state index in [1.807, 2.05) is 0 Å². The van der Waals surface area contributed by atoms with Crippen molar-refractivity contribution in [2.24, 2.45) is 0 Å². The zero-order valence-electron chi connectivity index (χ0n) is 15.3. The van der Waals surface area contributed by atoms with Crippen LogP contribution in [0.3, 0.4) is 0 Å². The second kappa shape index (κ2) is 8.50. The number of nitrogens with zero attached hydrogens (tertiary/aromatic N) is 1. The number of aliphatic carboxylic acids is 1. The van der Waals surface area contributed by atoms with Crippen LogP contribution >= 0.6 is 0 Å². The fourth-order valence-corrected chi connectivity index (χ4v) is 3.51. The molecule has 2 N–H and O–H groups in total. The number of aromatic nitrogens is 1. The molecule has 0 unspecified atom stereocenters. The first-order valence-electron chi connectivity index (χ1n) is 9.34. The van der Waals surface area contributed by atoms with Crippen molar-refractivity contribution in [1.82, 2.24) is 10.3 Å². The molecule has 0 bridgehead atoms. The van der Waals surface area contributed by atoms with E-state index in [4.69, 9.17) is 4.42 Å². The third-order valence-corrected chi connectivity index (χ3v) is 5.06. The Morgan fingerprint density at radius 2 is 1.89 bits per heavy atom. The normalized spacial score (nSPS) is 16.4. The Morgan fingerprint density at radius 3 is 2.54 bits per heavy atom. The number of benzene rings is 1. The Balaban J connectivity index is 1.61. The van der Waals surface area contributed by atoms with Gasteiger partial charge >= 0.3 is 5.97 Å². The van der Waals surface area contributed by atoms with Crippen molar-refractivity contribution in [1.29, 1.82) is 0 Å². The maximum atomic E-state index is 13.8. The van der Waals surface area contributed by atoms with Crippen molar-refractivity contribution in [2.75, 3.05) is 0 Å². The lowest BCUT2D eigenvalue weighted by atomic mass is 9.90. The van der Waals surface area contributed by atoms with Crippen molar-refractivity contribution in [2.45, 2.75) is 56.9 Å². The quantitative estimate of drug-likeness (QED) is 0.729. The van der Waals surface area contributed by atoms with Crippen LogP contribution in [-0.4, -0.2) is 27.5 Å². The maximum absolute atomic E-state index is 13.8.